The molecule has 0 aliphatic rings. The molecular weight excluding hydrogens is 1720 g/mol. The lowest BCUT2D eigenvalue weighted by atomic mass is 10.1. The molecule has 15 rings (SSSR count). The van der Waals surface area contributed by atoms with Gasteiger partial charge in [0.2, 0.25) is 0 Å². The molecule has 0 amide bonds. The van der Waals surface area contributed by atoms with Crippen LogP contribution in [0.25, 0.3) is 43.6 Å². The van der Waals surface area contributed by atoms with Crippen LogP contribution in [0.15, 0.2) is 291 Å². The van der Waals surface area contributed by atoms with Crippen molar-refractivity contribution in [3.8, 4) is 46.0 Å². The first kappa shape index (κ1) is 86.3. The predicted octanol–water partition coefficient (Wildman–Crippen LogP) is 29.1. The van der Waals surface area contributed by atoms with Crippen LogP contribution >= 0.6 is 0 Å². The fraction of sp³-hybridized carbons (Fsp3) is 0.114. The summed E-state index contributed by atoms with van der Waals surface area (Å²) < 4.78 is 363. The number of rotatable bonds is 24. The fourth-order valence-electron chi connectivity index (χ4n) is 14.4. The number of hydrogen-bond acceptors (Lipinski definition) is 12. The highest BCUT2D eigenvalue weighted by Crippen LogP contribution is 2.49. The third-order valence-corrected chi connectivity index (χ3v) is 19.0. The van der Waals surface area contributed by atoms with Crippen LogP contribution in [-0.4, -0.2) is 60.0 Å². The lowest BCUT2D eigenvalue weighted by Gasteiger charge is -2.26. The summed E-state index contributed by atoms with van der Waals surface area (Å²) in [6.07, 6.45) is -41.1. The molecule has 0 spiro atoms. The molecule has 2 aromatic heterocycles. The Balaban J connectivity index is 0.890. The number of aromatic nitrogens is 2. The van der Waals surface area contributed by atoms with E-state index in [0.29, 0.717) is 54.7 Å². The number of nitrogens with zero attached hydrogens (tertiary/aromatic N) is 6. The quantitative estimate of drug-likeness (QED) is 0.0539. The number of anilines is 12. The lowest BCUT2D eigenvalue weighted by Crippen LogP contribution is -2.17. The zero-order valence-electron chi connectivity index (χ0n) is 63.1. The van der Waals surface area contributed by atoms with Gasteiger partial charge in [0.1, 0.15) is 46.0 Å². The molecule has 0 unspecified atom stereocenters. The Hall–Kier alpha value is -14.6. The molecule has 15 aromatic rings. The average molecular weight is 1780 g/mol. The van der Waals surface area contributed by atoms with E-state index in [1.54, 1.807) is 91.0 Å². The smallest absolute Gasteiger partial charge is 0.406 e. The van der Waals surface area contributed by atoms with E-state index in [1.165, 1.54) is 117 Å². The number of halogens is 24. The van der Waals surface area contributed by atoms with E-state index < -0.39 is 96.9 Å². The summed E-state index contributed by atoms with van der Waals surface area (Å²) in [5.74, 6) is -5.18. The molecule has 0 bridgehead atoms. The minimum absolute atomic E-state index is 0.0204. The van der Waals surface area contributed by atoms with Crippen molar-refractivity contribution in [3.05, 3.63) is 302 Å². The Bertz CT molecular complexity index is 5420. The van der Waals surface area contributed by atoms with Crippen molar-refractivity contribution in [1.29, 1.82) is 0 Å². The predicted molar refractivity (Wildman–Crippen MR) is 416 cm³/mol. The number of hydrogen-bond donors (Lipinski definition) is 0. The first-order chi connectivity index (χ1) is 59.3. The molecule has 0 radical (unpaired) electrons. The first-order valence-electron chi connectivity index (χ1n) is 36.6. The first-order valence-corrected chi connectivity index (χ1v) is 36.6. The van der Waals surface area contributed by atoms with Crippen LogP contribution in [-0.2, 0) is 13.1 Å². The van der Waals surface area contributed by atoms with Gasteiger partial charge in [-0.2, -0.15) is 0 Å². The standard InChI is InChI=1S/C88H52F24N6O8/c89-81(90,91)119-65-24-4-53(5-25-65)115(54-6-26-66(27-7-54)120-82(92,93)94)61-20-40-77-73(45-61)74-46-62(116(55-8-28-67(29-9-55)121-83(95,96)97)56-10-30-68(31-11-56)122-84(98,99)100)21-41-78(74)113(77)49-51-2-1-3-52(44-51)50-114-79-42-22-63(117(57-12-32-69(33-13-57)123-85(101,102)103)58-14-34-70(35-15-58)124-86(104,105)106)47-75(79)76-48-64(23-43-80(76)114)118(59-16-36-71(37-17-59)125-87(107,108)109)60-18-38-72(39-19-60)126-88(110,111)112/h1-48H,49-50H2. The van der Waals surface area contributed by atoms with E-state index in [-0.39, 0.29) is 81.3 Å². The van der Waals surface area contributed by atoms with Gasteiger partial charge in [0.15, 0.2) is 0 Å². The van der Waals surface area contributed by atoms with Gasteiger partial charge in [-0.1, -0.05) is 24.3 Å². The largest absolute Gasteiger partial charge is 0.573 e. The number of ether oxygens (including phenoxy) is 8. The van der Waals surface area contributed by atoms with Crippen molar-refractivity contribution in [1.82, 2.24) is 9.13 Å². The second kappa shape index (κ2) is 33.2. The van der Waals surface area contributed by atoms with Gasteiger partial charge < -0.3 is 66.6 Å². The van der Waals surface area contributed by atoms with Gasteiger partial charge in [0, 0.05) is 125 Å². The minimum Gasteiger partial charge on any atom is -0.406 e. The van der Waals surface area contributed by atoms with Crippen molar-refractivity contribution in [3.63, 3.8) is 0 Å². The summed E-state index contributed by atoms with van der Waals surface area (Å²) in [6.45, 7) is -0.0408. The van der Waals surface area contributed by atoms with Crippen LogP contribution in [0.3, 0.4) is 0 Å². The summed E-state index contributed by atoms with van der Waals surface area (Å²) >= 11 is 0. The van der Waals surface area contributed by atoms with Gasteiger partial charge in [-0.05, 0) is 278 Å². The van der Waals surface area contributed by atoms with Crippen LogP contribution in [0.4, 0.5) is 174 Å². The van der Waals surface area contributed by atoms with E-state index in [2.05, 4.69) is 37.9 Å². The van der Waals surface area contributed by atoms with E-state index in [4.69, 9.17) is 0 Å². The van der Waals surface area contributed by atoms with E-state index in [0.717, 1.165) is 97.1 Å². The monoisotopic (exact) mass is 1780 g/mol. The highest BCUT2D eigenvalue weighted by molar-refractivity contribution is 6.12. The van der Waals surface area contributed by atoms with Crippen LogP contribution < -0.4 is 57.5 Å². The minimum atomic E-state index is -5.13. The molecule has 38 heteroatoms. The maximum Gasteiger partial charge on any atom is 0.573 e. The van der Waals surface area contributed by atoms with E-state index in [9.17, 15) is 105 Å². The summed E-state index contributed by atoms with van der Waals surface area (Å²) in [5, 5.41) is 1.51. The van der Waals surface area contributed by atoms with Gasteiger partial charge in [0.05, 0.1) is 0 Å². The normalized spacial score (nSPS) is 12.5. The Morgan fingerprint density at radius 3 is 0.460 bits per heavy atom. The van der Waals surface area contributed by atoms with Crippen LogP contribution in [0.1, 0.15) is 11.1 Å². The Morgan fingerprint density at radius 2 is 0.317 bits per heavy atom. The summed E-state index contributed by atoms with van der Waals surface area (Å²) in [6, 6.07) is 62.2. The van der Waals surface area contributed by atoms with E-state index in [1.807, 2.05) is 15.2 Å². The Morgan fingerprint density at radius 1 is 0.175 bits per heavy atom. The van der Waals surface area contributed by atoms with Crippen LogP contribution in [0.2, 0.25) is 0 Å². The van der Waals surface area contributed by atoms with Crippen molar-refractivity contribution >= 4 is 112 Å². The zero-order valence-corrected chi connectivity index (χ0v) is 63.1. The topological polar surface area (TPSA) is 96.7 Å². The maximum atomic E-state index is 13.6. The maximum absolute atomic E-state index is 13.6. The molecule has 650 valence electrons. The number of alkyl halides is 24. The van der Waals surface area contributed by atoms with Gasteiger partial charge in [-0.15, -0.1) is 105 Å². The second-order valence-corrected chi connectivity index (χ2v) is 27.5. The highest BCUT2D eigenvalue weighted by Gasteiger charge is 2.38. The van der Waals surface area contributed by atoms with Crippen molar-refractivity contribution in [2.45, 2.75) is 64.0 Å². The SMILES string of the molecule is FC(F)(F)Oc1ccc(N(c2ccc(OC(F)(F)F)cc2)c2ccc3c(c2)c2cc(N(c4ccc(OC(F)(F)F)cc4)c4ccc(OC(F)(F)F)cc4)ccc2n3Cc2cccc(Cn3c4ccc(N(c5ccc(OC(F)(F)F)cc5)c5ccc(OC(F)(F)F)cc5)cc4c4cc(N(c5ccc(OC(F)(F)F)cc5)c5ccc(OC(F)(F)F)cc5)ccc43)c2)cc1. The Kier molecular flexibility index (Phi) is 22.8. The summed E-state index contributed by atoms with van der Waals surface area (Å²) in [7, 11) is 0. The number of fused-ring (bicyclic) bond motifs is 6. The molecule has 0 saturated carbocycles. The van der Waals surface area contributed by atoms with Crippen LogP contribution in [0, 0.1) is 0 Å². The third kappa shape index (κ3) is 21.0. The fourth-order valence-corrected chi connectivity index (χ4v) is 14.4. The van der Waals surface area contributed by atoms with Crippen molar-refractivity contribution in [2.24, 2.45) is 0 Å². The molecular formula is C88H52F24N6O8. The molecule has 14 nitrogen and oxygen atoms in total. The molecule has 0 atom stereocenters. The summed E-state index contributed by atoms with van der Waals surface area (Å²) in [5.41, 5.74) is 4.83. The zero-order chi connectivity index (χ0) is 89.8. The van der Waals surface area contributed by atoms with Crippen LogP contribution in [0.5, 0.6) is 46.0 Å². The molecule has 0 saturated heterocycles. The van der Waals surface area contributed by atoms with Crippen molar-refractivity contribution < 1.29 is 143 Å². The van der Waals surface area contributed by atoms with Gasteiger partial charge in [-0.3, -0.25) is 0 Å². The van der Waals surface area contributed by atoms with Crippen molar-refractivity contribution in [2.75, 3.05) is 19.6 Å². The second-order valence-electron chi connectivity index (χ2n) is 27.5. The molecule has 2 heterocycles. The Labute approximate surface area is 693 Å². The molecule has 0 aliphatic heterocycles. The molecule has 0 N–H and O–H groups in total. The summed E-state index contributed by atoms with van der Waals surface area (Å²) in [4.78, 5) is 5.90. The average Bonchev–Trinajstić information content (AvgIpc) is 1.58. The molecule has 0 aliphatic carbocycles. The van der Waals surface area contributed by atoms with E-state index >= 15 is 0 Å². The highest BCUT2D eigenvalue weighted by atomic mass is 19.5. The lowest BCUT2D eigenvalue weighted by molar-refractivity contribution is -0.275. The van der Waals surface area contributed by atoms with Gasteiger partial charge >= 0.3 is 50.9 Å². The third-order valence-electron chi connectivity index (χ3n) is 19.0. The molecule has 0 fully saturated rings. The number of benzene rings is 13. The van der Waals surface area contributed by atoms with Gasteiger partial charge in [0.25, 0.3) is 0 Å². The molecule has 126 heavy (non-hydrogen) atoms. The van der Waals surface area contributed by atoms with Gasteiger partial charge in [-0.25, -0.2) is 0 Å². The molecule has 13 aromatic carbocycles.